The van der Waals surface area contributed by atoms with Crippen molar-refractivity contribution >= 4 is 13.7 Å². The van der Waals surface area contributed by atoms with Crippen molar-refractivity contribution in [1.82, 2.24) is 5.32 Å². The summed E-state index contributed by atoms with van der Waals surface area (Å²) >= 11 is 0. The fourth-order valence-corrected chi connectivity index (χ4v) is 2.17. The molecule has 8 heteroatoms. The zero-order chi connectivity index (χ0) is 15.9. The lowest BCUT2D eigenvalue weighted by molar-refractivity contribution is -0.119. The predicted octanol–water partition coefficient (Wildman–Crippen LogP) is 1.24. The summed E-state index contributed by atoms with van der Waals surface area (Å²) in [5, 5.41) is 2.60. The van der Waals surface area contributed by atoms with Crippen molar-refractivity contribution < 1.29 is 28.4 Å². The van der Waals surface area contributed by atoms with Crippen LogP contribution in [0, 0.1) is 0 Å². The number of rotatable bonds is 8. The van der Waals surface area contributed by atoms with Crippen LogP contribution in [0.3, 0.4) is 0 Å². The van der Waals surface area contributed by atoms with E-state index in [1.54, 1.807) is 12.1 Å². The SMILES string of the molecule is CCOc1ccc(C[C@H](COP(=O)(O)O)NC(C)=O)cc1. The molecule has 0 radical (unpaired) electrons. The lowest BCUT2D eigenvalue weighted by atomic mass is 10.1. The van der Waals surface area contributed by atoms with Gasteiger partial charge in [-0.25, -0.2) is 4.57 Å². The number of phosphoric acid groups is 1. The molecule has 1 aromatic carbocycles. The number of phosphoric ester groups is 1. The molecule has 0 aliphatic rings. The number of carbonyl (C=O) groups excluding carboxylic acids is 1. The van der Waals surface area contributed by atoms with Crippen molar-refractivity contribution in [3.05, 3.63) is 29.8 Å². The van der Waals surface area contributed by atoms with Gasteiger partial charge in [-0.2, -0.15) is 0 Å². The van der Waals surface area contributed by atoms with Crippen molar-refractivity contribution in [2.24, 2.45) is 0 Å². The van der Waals surface area contributed by atoms with Gasteiger partial charge in [0.1, 0.15) is 5.75 Å². The summed E-state index contributed by atoms with van der Waals surface area (Å²) in [6.45, 7) is 3.53. The minimum Gasteiger partial charge on any atom is -0.494 e. The molecule has 3 N–H and O–H groups in total. The number of ether oxygens (including phenoxy) is 1. The molecule has 7 nitrogen and oxygen atoms in total. The highest BCUT2D eigenvalue weighted by Gasteiger charge is 2.19. The Balaban J connectivity index is 2.66. The smallest absolute Gasteiger partial charge is 0.469 e. The van der Waals surface area contributed by atoms with Gasteiger partial charge in [0.2, 0.25) is 5.91 Å². The average Bonchev–Trinajstić information content (AvgIpc) is 2.37. The molecule has 0 fully saturated rings. The van der Waals surface area contributed by atoms with Crippen molar-refractivity contribution in [3.8, 4) is 5.75 Å². The maximum Gasteiger partial charge on any atom is 0.469 e. The lowest BCUT2D eigenvalue weighted by Crippen LogP contribution is -2.38. The Morgan fingerprint density at radius 3 is 2.43 bits per heavy atom. The summed E-state index contributed by atoms with van der Waals surface area (Å²) in [6, 6.07) is 6.74. The summed E-state index contributed by atoms with van der Waals surface area (Å²) in [5.41, 5.74) is 0.895. The number of amides is 1. The first-order valence-corrected chi connectivity index (χ1v) is 8.02. The van der Waals surface area contributed by atoms with Gasteiger partial charge in [0.25, 0.3) is 0 Å². The molecule has 21 heavy (non-hydrogen) atoms. The van der Waals surface area contributed by atoms with Crippen molar-refractivity contribution in [2.75, 3.05) is 13.2 Å². The molecule has 0 aliphatic heterocycles. The van der Waals surface area contributed by atoms with Crippen LogP contribution in [0.25, 0.3) is 0 Å². The third-order valence-electron chi connectivity index (χ3n) is 2.57. The Hall–Kier alpha value is -1.40. The van der Waals surface area contributed by atoms with Gasteiger partial charge < -0.3 is 19.8 Å². The summed E-state index contributed by atoms with van der Waals surface area (Å²) in [6.07, 6.45) is 0.395. The lowest BCUT2D eigenvalue weighted by Gasteiger charge is -2.18. The fourth-order valence-electron chi connectivity index (χ4n) is 1.80. The topological polar surface area (TPSA) is 105 Å². The summed E-state index contributed by atoms with van der Waals surface area (Å²) < 4.78 is 20.5. The van der Waals surface area contributed by atoms with E-state index in [0.717, 1.165) is 11.3 Å². The van der Waals surface area contributed by atoms with Crippen LogP contribution < -0.4 is 10.1 Å². The number of hydrogen-bond acceptors (Lipinski definition) is 4. The second-order valence-corrected chi connectivity index (χ2v) is 5.70. The molecular weight excluding hydrogens is 297 g/mol. The van der Waals surface area contributed by atoms with Crippen molar-refractivity contribution in [1.29, 1.82) is 0 Å². The molecule has 0 unspecified atom stereocenters. The van der Waals surface area contributed by atoms with Gasteiger partial charge in [-0.05, 0) is 31.0 Å². The van der Waals surface area contributed by atoms with E-state index in [4.69, 9.17) is 14.5 Å². The van der Waals surface area contributed by atoms with E-state index < -0.39 is 13.9 Å². The summed E-state index contributed by atoms with van der Waals surface area (Å²) in [5.74, 6) is 0.448. The maximum atomic E-state index is 11.1. The number of benzene rings is 1. The molecule has 0 saturated heterocycles. The van der Waals surface area contributed by atoms with Gasteiger partial charge in [-0.15, -0.1) is 0 Å². The average molecular weight is 317 g/mol. The summed E-state index contributed by atoms with van der Waals surface area (Å²) in [4.78, 5) is 28.6. The van der Waals surface area contributed by atoms with Crippen LogP contribution in [-0.2, 0) is 20.3 Å². The molecule has 0 aromatic heterocycles. The molecule has 118 valence electrons. The van der Waals surface area contributed by atoms with Gasteiger partial charge in [0.05, 0.1) is 19.3 Å². The number of hydrogen-bond donors (Lipinski definition) is 3. The van der Waals surface area contributed by atoms with E-state index >= 15 is 0 Å². The first kappa shape index (κ1) is 17.7. The van der Waals surface area contributed by atoms with Crippen LogP contribution in [0.4, 0.5) is 0 Å². The Labute approximate surface area is 123 Å². The molecule has 0 heterocycles. The van der Waals surface area contributed by atoms with E-state index in [2.05, 4.69) is 9.84 Å². The number of nitrogens with one attached hydrogen (secondary N) is 1. The second kappa shape index (κ2) is 8.14. The monoisotopic (exact) mass is 317 g/mol. The summed E-state index contributed by atoms with van der Waals surface area (Å²) in [7, 11) is -4.56. The van der Waals surface area contributed by atoms with Crippen molar-refractivity contribution in [3.63, 3.8) is 0 Å². The molecule has 1 aromatic rings. The van der Waals surface area contributed by atoms with Gasteiger partial charge >= 0.3 is 7.82 Å². The van der Waals surface area contributed by atoms with Gasteiger partial charge in [0.15, 0.2) is 0 Å². The zero-order valence-corrected chi connectivity index (χ0v) is 12.9. The zero-order valence-electron chi connectivity index (χ0n) is 12.0. The molecule has 1 rings (SSSR count). The van der Waals surface area contributed by atoms with Crippen molar-refractivity contribution in [2.45, 2.75) is 26.3 Å². The molecule has 1 atom stereocenters. The predicted molar refractivity (Wildman–Crippen MR) is 76.9 cm³/mol. The van der Waals surface area contributed by atoms with E-state index in [1.807, 2.05) is 19.1 Å². The normalized spacial score (nSPS) is 12.8. The quantitative estimate of drug-likeness (QED) is 0.623. The van der Waals surface area contributed by atoms with Gasteiger partial charge in [-0.1, -0.05) is 12.1 Å². The Morgan fingerprint density at radius 2 is 1.95 bits per heavy atom. The Bertz CT molecular complexity index is 498. The molecule has 0 spiro atoms. The fraction of sp³-hybridized carbons (Fsp3) is 0.462. The van der Waals surface area contributed by atoms with Gasteiger partial charge in [-0.3, -0.25) is 9.32 Å². The Morgan fingerprint density at radius 1 is 1.33 bits per heavy atom. The van der Waals surface area contributed by atoms with Crippen LogP contribution in [0.2, 0.25) is 0 Å². The number of carbonyl (C=O) groups is 1. The van der Waals surface area contributed by atoms with Crippen LogP contribution >= 0.6 is 7.82 Å². The first-order valence-electron chi connectivity index (χ1n) is 6.49. The standard InChI is InChI=1S/C13H20NO6P/c1-3-19-13-6-4-11(5-7-13)8-12(14-10(2)15)9-20-21(16,17)18/h4-7,12H,3,8-9H2,1-2H3,(H,14,15)(H2,16,17,18)/t12-/m1/s1. The minimum atomic E-state index is -4.56. The Kier molecular flexibility index (Phi) is 6.84. The van der Waals surface area contributed by atoms with Crippen LogP contribution in [0.5, 0.6) is 5.75 Å². The highest BCUT2D eigenvalue weighted by molar-refractivity contribution is 7.46. The third-order valence-corrected chi connectivity index (χ3v) is 3.05. The molecule has 0 saturated carbocycles. The highest BCUT2D eigenvalue weighted by Crippen LogP contribution is 2.35. The molecular formula is C13H20NO6P. The molecule has 0 aliphatic carbocycles. The molecule has 0 bridgehead atoms. The third kappa shape index (κ3) is 7.82. The van der Waals surface area contributed by atoms with E-state index in [0.29, 0.717) is 13.0 Å². The van der Waals surface area contributed by atoms with Crippen LogP contribution in [0.15, 0.2) is 24.3 Å². The van der Waals surface area contributed by atoms with Crippen LogP contribution in [0.1, 0.15) is 19.4 Å². The largest absolute Gasteiger partial charge is 0.494 e. The van der Waals surface area contributed by atoms with E-state index in [-0.39, 0.29) is 12.5 Å². The van der Waals surface area contributed by atoms with Crippen LogP contribution in [-0.4, -0.2) is 34.9 Å². The molecule has 1 amide bonds. The second-order valence-electron chi connectivity index (χ2n) is 4.46. The minimum absolute atomic E-state index is 0.267. The first-order chi connectivity index (χ1) is 9.80. The van der Waals surface area contributed by atoms with E-state index in [1.165, 1.54) is 6.92 Å². The maximum absolute atomic E-state index is 11.1. The highest BCUT2D eigenvalue weighted by atomic mass is 31.2. The van der Waals surface area contributed by atoms with Gasteiger partial charge in [0, 0.05) is 6.92 Å². The van der Waals surface area contributed by atoms with E-state index in [9.17, 15) is 9.36 Å².